The van der Waals surface area contributed by atoms with Crippen LogP contribution in [0.5, 0.6) is 0 Å². The molecule has 1 saturated heterocycles. The first-order valence-electron chi connectivity index (χ1n) is 7.53. The van der Waals surface area contributed by atoms with E-state index >= 15 is 0 Å². The predicted octanol–water partition coefficient (Wildman–Crippen LogP) is 1.46. The van der Waals surface area contributed by atoms with Crippen molar-refractivity contribution in [3.05, 3.63) is 30.2 Å². The number of fused-ring (bicyclic) bond motifs is 1. The van der Waals surface area contributed by atoms with E-state index in [9.17, 15) is 9.59 Å². The summed E-state index contributed by atoms with van der Waals surface area (Å²) in [6.45, 7) is 2.23. The molecular formula is C16H18N2O5. The minimum Gasteiger partial charge on any atom is -0.479 e. The Kier molecular flexibility index (Phi) is 4.29. The maximum atomic E-state index is 12.3. The maximum Gasteiger partial charge on any atom is 0.334 e. The number of carbonyl (C=O) groups excluding carboxylic acids is 1. The van der Waals surface area contributed by atoms with Crippen LogP contribution in [0.4, 0.5) is 0 Å². The molecule has 1 fully saturated rings. The molecule has 1 unspecified atom stereocenters. The molecule has 1 aliphatic rings. The van der Waals surface area contributed by atoms with Crippen molar-refractivity contribution in [3.63, 3.8) is 0 Å². The zero-order valence-corrected chi connectivity index (χ0v) is 12.8. The number of rotatable bonds is 4. The Labute approximate surface area is 132 Å². The number of hydrogen-bond donors (Lipinski definition) is 1. The van der Waals surface area contributed by atoms with E-state index in [4.69, 9.17) is 14.3 Å². The maximum absolute atomic E-state index is 12.3. The van der Waals surface area contributed by atoms with E-state index in [1.807, 2.05) is 24.3 Å². The van der Waals surface area contributed by atoms with Gasteiger partial charge >= 0.3 is 5.97 Å². The third kappa shape index (κ3) is 3.50. The number of benzene rings is 1. The largest absolute Gasteiger partial charge is 0.479 e. The molecule has 122 valence electrons. The van der Waals surface area contributed by atoms with Crippen LogP contribution in [0.15, 0.2) is 28.7 Å². The van der Waals surface area contributed by atoms with Crippen molar-refractivity contribution in [2.45, 2.75) is 32.0 Å². The number of oxazole rings is 1. The number of morpholine rings is 1. The van der Waals surface area contributed by atoms with Gasteiger partial charge in [0.25, 0.3) is 0 Å². The molecule has 2 heterocycles. The van der Waals surface area contributed by atoms with Gasteiger partial charge in [-0.2, -0.15) is 0 Å². The fraction of sp³-hybridized carbons (Fsp3) is 0.438. The van der Waals surface area contributed by atoms with Crippen molar-refractivity contribution >= 4 is 23.0 Å². The lowest BCUT2D eigenvalue weighted by molar-refractivity contribution is -0.166. The SMILES string of the molecule is C[C@@H]1CN(C(=O)CCc2nc3ccccc3o2)CC(C(=O)O)O1. The first-order valence-corrected chi connectivity index (χ1v) is 7.53. The van der Waals surface area contributed by atoms with Gasteiger partial charge in [-0.15, -0.1) is 0 Å². The molecule has 1 N–H and O–H groups in total. The summed E-state index contributed by atoms with van der Waals surface area (Å²) in [7, 11) is 0. The van der Waals surface area contributed by atoms with Crippen LogP contribution in [0.2, 0.25) is 0 Å². The van der Waals surface area contributed by atoms with Crippen molar-refractivity contribution in [1.29, 1.82) is 0 Å². The van der Waals surface area contributed by atoms with Gasteiger partial charge in [-0.1, -0.05) is 12.1 Å². The molecular weight excluding hydrogens is 300 g/mol. The molecule has 0 spiro atoms. The molecule has 7 nitrogen and oxygen atoms in total. The van der Waals surface area contributed by atoms with Gasteiger partial charge in [0.1, 0.15) is 5.52 Å². The Morgan fingerprint density at radius 2 is 2.13 bits per heavy atom. The monoisotopic (exact) mass is 318 g/mol. The van der Waals surface area contributed by atoms with Crippen molar-refractivity contribution < 1.29 is 23.8 Å². The number of nitrogens with zero attached hydrogens (tertiary/aromatic N) is 2. The lowest BCUT2D eigenvalue weighted by atomic mass is 10.2. The van der Waals surface area contributed by atoms with Crippen LogP contribution in [0, 0.1) is 0 Å². The highest BCUT2D eigenvalue weighted by Gasteiger charge is 2.32. The summed E-state index contributed by atoms with van der Waals surface area (Å²) in [4.78, 5) is 29.2. The van der Waals surface area contributed by atoms with E-state index in [0.29, 0.717) is 24.4 Å². The molecule has 0 radical (unpaired) electrons. The van der Waals surface area contributed by atoms with E-state index in [1.54, 1.807) is 6.92 Å². The number of carboxylic acid groups (broad SMARTS) is 1. The third-order valence-electron chi connectivity index (χ3n) is 3.78. The van der Waals surface area contributed by atoms with Crippen LogP contribution in [0.3, 0.4) is 0 Å². The molecule has 1 aliphatic heterocycles. The highest BCUT2D eigenvalue weighted by Crippen LogP contribution is 2.17. The molecule has 7 heteroatoms. The van der Waals surface area contributed by atoms with Crippen LogP contribution in [-0.2, 0) is 20.7 Å². The number of aliphatic carboxylic acids is 1. The van der Waals surface area contributed by atoms with E-state index in [-0.39, 0.29) is 25.0 Å². The number of ether oxygens (including phenoxy) is 1. The Morgan fingerprint density at radius 1 is 1.35 bits per heavy atom. The Hall–Kier alpha value is -2.41. The van der Waals surface area contributed by atoms with Crippen molar-refractivity contribution in [2.24, 2.45) is 0 Å². The van der Waals surface area contributed by atoms with Crippen LogP contribution < -0.4 is 0 Å². The minimum atomic E-state index is -1.05. The van der Waals surface area contributed by atoms with E-state index in [2.05, 4.69) is 4.98 Å². The van der Waals surface area contributed by atoms with Gasteiger partial charge in [-0.05, 0) is 19.1 Å². The number of aromatic nitrogens is 1. The fourth-order valence-corrected chi connectivity index (χ4v) is 2.69. The van der Waals surface area contributed by atoms with Gasteiger partial charge in [0.15, 0.2) is 17.6 Å². The number of aryl methyl sites for hydroxylation is 1. The number of carbonyl (C=O) groups is 2. The summed E-state index contributed by atoms with van der Waals surface area (Å²) in [6, 6.07) is 7.42. The van der Waals surface area contributed by atoms with Gasteiger partial charge in [0.05, 0.1) is 12.6 Å². The second kappa shape index (κ2) is 6.37. The second-order valence-corrected chi connectivity index (χ2v) is 5.65. The first-order chi connectivity index (χ1) is 11.0. The normalized spacial score (nSPS) is 21.5. The smallest absolute Gasteiger partial charge is 0.334 e. The van der Waals surface area contributed by atoms with Crippen LogP contribution >= 0.6 is 0 Å². The molecule has 0 bridgehead atoms. The molecule has 0 aliphatic carbocycles. The lowest BCUT2D eigenvalue weighted by Gasteiger charge is -2.34. The number of amides is 1. The lowest BCUT2D eigenvalue weighted by Crippen LogP contribution is -2.51. The van der Waals surface area contributed by atoms with Gasteiger partial charge in [0, 0.05) is 19.4 Å². The molecule has 1 amide bonds. The van der Waals surface area contributed by atoms with Gasteiger partial charge in [-0.25, -0.2) is 9.78 Å². The van der Waals surface area contributed by atoms with E-state index in [1.165, 1.54) is 4.90 Å². The molecule has 3 rings (SSSR count). The predicted molar refractivity (Wildman–Crippen MR) is 80.9 cm³/mol. The standard InChI is InChI=1S/C16H18N2O5/c1-10-8-18(9-13(22-10)16(20)21)15(19)7-6-14-17-11-4-2-3-5-12(11)23-14/h2-5,10,13H,6-9H2,1H3,(H,20,21)/t10-,13?/m1/s1. The Bertz CT molecular complexity index is 693. The molecule has 0 saturated carbocycles. The Balaban J connectivity index is 1.61. The van der Waals surface area contributed by atoms with Crippen molar-refractivity contribution in [3.8, 4) is 0 Å². The zero-order valence-electron chi connectivity index (χ0n) is 12.8. The summed E-state index contributed by atoms with van der Waals surface area (Å²) in [6.07, 6.45) is -0.645. The van der Waals surface area contributed by atoms with Crippen molar-refractivity contribution in [1.82, 2.24) is 9.88 Å². The summed E-state index contributed by atoms with van der Waals surface area (Å²) >= 11 is 0. The van der Waals surface area contributed by atoms with Gasteiger partial charge in [-0.3, -0.25) is 4.79 Å². The van der Waals surface area contributed by atoms with Crippen LogP contribution in [0.1, 0.15) is 19.2 Å². The highest BCUT2D eigenvalue weighted by molar-refractivity contribution is 5.79. The second-order valence-electron chi connectivity index (χ2n) is 5.65. The first kappa shape index (κ1) is 15.5. The molecule has 23 heavy (non-hydrogen) atoms. The summed E-state index contributed by atoms with van der Waals surface area (Å²) < 4.78 is 10.9. The summed E-state index contributed by atoms with van der Waals surface area (Å²) in [5, 5.41) is 9.06. The van der Waals surface area contributed by atoms with E-state index < -0.39 is 12.1 Å². The average Bonchev–Trinajstić information content (AvgIpc) is 2.94. The zero-order chi connectivity index (χ0) is 16.4. The Morgan fingerprint density at radius 3 is 2.87 bits per heavy atom. The van der Waals surface area contributed by atoms with Crippen molar-refractivity contribution in [2.75, 3.05) is 13.1 Å². The average molecular weight is 318 g/mol. The van der Waals surface area contributed by atoms with Crippen LogP contribution in [0.25, 0.3) is 11.1 Å². The molecule has 2 atom stereocenters. The number of carboxylic acids is 1. The van der Waals surface area contributed by atoms with E-state index in [0.717, 1.165) is 5.52 Å². The summed E-state index contributed by atoms with van der Waals surface area (Å²) in [5.74, 6) is -0.655. The molecule has 1 aromatic carbocycles. The van der Waals surface area contributed by atoms with Crippen LogP contribution in [-0.4, -0.2) is 52.2 Å². The van der Waals surface area contributed by atoms with Gasteiger partial charge in [0.2, 0.25) is 5.91 Å². The molecule has 1 aromatic heterocycles. The third-order valence-corrected chi connectivity index (χ3v) is 3.78. The van der Waals surface area contributed by atoms with Gasteiger partial charge < -0.3 is 19.2 Å². The summed E-state index contributed by atoms with van der Waals surface area (Å²) in [5.41, 5.74) is 1.46. The fourth-order valence-electron chi connectivity index (χ4n) is 2.69. The number of para-hydroxylation sites is 2. The molecule has 2 aromatic rings. The topological polar surface area (TPSA) is 92.9 Å². The minimum absolute atomic E-state index is 0.0755. The highest BCUT2D eigenvalue weighted by atomic mass is 16.5. The number of hydrogen-bond acceptors (Lipinski definition) is 5. The quantitative estimate of drug-likeness (QED) is 0.917.